The molecule has 2 rings (SSSR count). The van der Waals surface area contributed by atoms with Gasteiger partial charge in [-0.25, -0.2) is 0 Å². The van der Waals surface area contributed by atoms with Gasteiger partial charge >= 0.3 is 6.18 Å². The maximum Gasteiger partial charge on any atom is 0.416 e. The lowest BCUT2D eigenvalue weighted by Gasteiger charge is -2.12. The minimum absolute atomic E-state index is 0.489. The SMILES string of the molecule is CCc1nnsc1C(N)c1ccc(C(F)(F)F)cc1. The summed E-state index contributed by atoms with van der Waals surface area (Å²) in [4.78, 5) is 0.794. The average Bonchev–Trinajstić information content (AvgIpc) is 2.85. The van der Waals surface area contributed by atoms with E-state index in [2.05, 4.69) is 9.59 Å². The predicted molar refractivity (Wildman–Crippen MR) is 66.8 cm³/mol. The molecule has 0 aliphatic carbocycles. The van der Waals surface area contributed by atoms with Crippen molar-refractivity contribution in [1.29, 1.82) is 0 Å². The molecule has 0 spiro atoms. The smallest absolute Gasteiger partial charge is 0.320 e. The largest absolute Gasteiger partial charge is 0.416 e. The third-order valence-electron chi connectivity index (χ3n) is 2.80. The quantitative estimate of drug-likeness (QED) is 0.943. The number of hydrogen-bond acceptors (Lipinski definition) is 4. The summed E-state index contributed by atoms with van der Waals surface area (Å²) in [5.74, 6) is 0. The van der Waals surface area contributed by atoms with E-state index in [1.807, 2.05) is 6.92 Å². The zero-order valence-corrected chi connectivity index (χ0v) is 10.9. The lowest BCUT2D eigenvalue weighted by molar-refractivity contribution is -0.137. The van der Waals surface area contributed by atoms with Crippen LogP contribution in [-0.4, -0.2) is 9.59 Å². The van der Waals surface area contributed by atoms with Gasteiger partial charge in [0.25, 0.3) is 0 Å². The predicted octanol–water partition coefficient (Wildman–Crippen LogP) is 3.17. The number of nitrogens with zero attached hydrogens (tertiary/aromatic N) is 2. The molecule has 0 amide bonds. The van der Waals surface area contributed by atoms with Crippen LogP contribution in [0, 0.1) is 0 Å². The summed E-state index contributed by atoms with van der Waals surface area (Å²) >= 11 is 1.18. The van der Waals surface area contributed by atoms with Crippen LogP contribution in [0.1, 0.15) is 34.7 Å². The van der Waals surface area contributed by atoms with Gasteiger partial charge in [-0.3, -0.25) is 0 Å². The van der Waals surface area contributed by atoms with Crippen molar-refractivity contribution in [2.24, 2.45) is 5.73 Å². The van der Waals surface area contributed by atoms with Crippen LogP contribution < -0.4 is 5.73 Å². The maximum absolute atomic E-state index is 12.5. The standard InChI is InChI=1S/C12H12F3N3S/c1-2-9-11(19-18-17-9)10(16)7-3-5-8(6-4-7)12(13,14)15/h3-6,10H,2,16H2,1H3. The molecule has 0 saturated heterocycles. The van der Waals surface area contributed by atoms with E-state index < -0.39 is 17.8 Å². The molecule has 0 saturated carbocycles. The third kappa shape index (κ3) is 2.93. The number of alkyl halides is 3. The minimum Gasteiger partial charge on any atom is -0.320 e. The van der Waals surface area contributed by atoms with Gasteiger partial charge in [-0.05, 0) is 35.6 Å². The van der Waals surface area contributed by atoms with Crippen molar-refractivity contribution in [2.75, 3.05) is 0 Å². The van der Waals surface area contributed by atoms with Gasteiger partial charge in [0, 0.05) is 0 Å². The molecular weight excluding hydrogens is 275 g/mol. The first-order valence-electron chi connectivity index (χ1n) is 5.67. The maximum atomic E-state index is 12.5. The van der Waals surface area contributed by atoms with Crippen molar-refractivity contribution in [3.05, 3.63) is 46.0 Å². The van der Waals surface area contributed by atoms with E-state index in [0.29, 0.717) is 12.0 Å². The Kier molecular flexibility index (Phi) is 3.86. The highest BCUT2D eigenvalue weighted by atomic mass is 32.1. The van der Waals surface area contributed by atoms with E-state index in [1.165, 1.54) is 23.7 Å². The van der Waals surface area contributed by atoms with Crippen LogP contribution in [0.15, 0.2) is 24.3 Å². The van der Waals surface area contributed by atoms with Crippen LogP contribution in [0.5, 0.6) is 0 Å². The highest BCUT2D eigenvalue weighted by Crippen LogP contribution is 2.31. The molecule has 7 heteroatoms. The fourth-order valence-corrected chi connectivity index (χ4v) is 2.50. The Morgan fingerprint density at radius 2 is 1.89 bits per heavy atom. The van der Waals surface area contributed by atoms with E-state index in [4.69, 9.17) is 5.73 Å². The third-order valence-corrected chi connectivity index (χ3v) is 3.65. The first-order chi connectivity index (χ1) is 8.93. The Hall–Kier alpha value is -1.47. The molecule has 1 aromatic carbocycles. The van der Waals surface area contributed by atoms with Crippen LogP contribution in [0.2, 0.25) is 0 Å². The molecule has 1 unspecified atom stereocenters. The number of halogens is 3. The molecule has 0 radical (unpaired) electrons. The second-order valence-electron chi connectivity index (χ2n) is 4.03. The van der Waals surface area contributed by atoms with Gasteiger partial charge in [-0.1, -0.05) is 23.5 Å². The van der Waals surface area contributed by atoms with Crippen LogP contribution in [0.4, 0.5) is 13.2 Å². The van der Waals surface area contributed by atoms with Crippen molar-refractivity contribution in [3.8, 4) is 0 Å². The number of nitrogens with two attached hydrogens (primary N) is 1. The van der Waals surface area contributed by atoms with E-state index in [0.717, 1.165) is 22.7 Å². The van der Waals surface area contributed by atoms with Gasteiger partial charge < -0.3 is 5.73 Å². The lowest BCUT2D eigenvalue weighted by Crippen LogP contribution is -2.13. The Morgan fingerprint density at radius 3 is 2.42 bits per heavy atom. The molecule has 1 heterocycles. The van der Waals surface area contributed by atoms with Crippen molar-refractivity contribution >= 4 is 11.5 Å². The van der Waals surface area contributed by atoms with E-state index in [9.17, 15) is 13.2 Å². The van der Waals surface area contributed by atoms with E-state index >= 15 is 0 Å². The van der Waals surface area contributed by atoms with E-state index in [1.54, 1.807) is 0 Å². The van der Waals surface area contributed by atoms with Crippen LogP contribution in [0.3, 0.4) is 0 Å². The van der Waals surface area contributed by atoms with Crippen LogP contribution in [0.25, 0.3) is 0 Å². The van der Waals surface area contributed by atoms with E-state index in [-0.39, 0.29) is 0 Å². The van der Waals surface area contributed by atoms with Gasteiger partial charge in [-0.2, -0.15) is 13.2 Å². The molecule has 1 atom stereocenters. The number of benzene rings is 1. The van der Waals surface area contributed by atoms with Gasteiger partial charge in [0.1, 0.15) is 0 Å². The summed E-state index contributed by atoms with van der Waals surface area (Å²) in [7, 11) is 0. The molecule has 1 aromatic heterocycles. The summed E-state index contributed by atoms with van der Waals surface area (Å²) in [6.45, 7) is 1.93. The highest BCUT2D eigenvalue weighted by molar-refractivity contribution is 7.05. The first-order valence-corrected chi connectivity index (χ1v) is 6.44. The molecule has 102 valence electrons. The van der Waals surface area contributed by atoms with Crippen LogP contribution >= 0.6 is 11.5 Å². The Morgan fingerprint density at radius 1 is 1.26 bits per heavy atom. The number of rotatable bonds is 3. The molecular formula is C12H12F3N3S. The number of aromatic nitrogens is 2. The van der Waals surface area contributed by atoms with Crippen molar-refractivity contribution in [2.45, 2.75) is 25.6 Å². The molecule has 3 nitrogen and oxygen atoms in total. The summed E-state index contributed by atoms with van der Waals surface area (Å²) < 4.78 is 41.2. The Balaban J connectivity index is 2.28. The summed E-state index contributed by atoms with van der Waals surface area (Å²) in [5.41, 5.74) is 6.77. The second-order valence-corrected chi connectivity index (χ2v) is 4.82. The van der Waals surface area contributed by atoms with Gasteiger partial charge in [0.2, 0.25) is 0 Å². The molecule has 2 aromatic rings. The average molecular weight is 287 g/mol. The molecule has 0 bridgehead atoms. The number of hydrogen-bond donors (Lipinski definition) is 1. The summed E-state index contributed by atoms with van der Waals surface area (Å²) in [5, 5.41) is 3.95. The second kappa shape index (κ2) is 5.26. The highest BCUT2D eigenvalue weighted by Gasteiger charge is 2.30. The van der Waals surface area contributed by atoms with Gasteiger partial charge in [0.05, 0.1) is 22.2 Å². The Labute approximate surface area is 112 Å². The lowest BCUT2D eigenvalue weighted by atomic mass is 10.0. The molecule has 19 heavy (non-hydrogen) atoms. The Bertz CT molecular complexity index is 548. The molecule has 0 aliphatic rings. The monoisotopic (exact) mass is 287 g/mol. The van der Waals surface area contributed by atoms with Crippen molar-refractivity contribution < 1.29 is 13.2 Å². The summed E-state index contributed by atoms with van der Waals surface area (Å²) in [6.07, 6.45) is -3.64. The number of aryl methyl sites for hydroxylation is 1. The van der Waals surface area contributed by atoms with Crippen molar-refractivity contribution in [1.82, 2.24) is 9.59 Å². The zero-order valence-electron chi connectivity index (χ0n) is 10.1. The molecule has 2 N–H and O–H groups in total. The van der Waals surface area contributed by atoms with Crippen molar-refractivity contribution in [3.63, 3.8) is 0 Å². The topological polar surface area (TPSA) is 51.8 Å². The van der Waals surface area contributed by atoms with Gasteiger partial charge in [-0.15, -0.1) is 5.10 Å². The normalized spacial score (nSPS) is 13.5. The molecule has 0 aliphatic heterocycles. The van der Waals surface area contributed by atoms with Gasteiger partial charge in [0.15, 0.2) is 0 Å². The summed E-state index contributed by atoms with van der Waals surface area (Å²) in [6, 6.07) is 4.38. The minimum atomic E-state index is -4.33. The molecule has 0 fully saturated rings. The fraction of sp³-hybridized carbons (Fsp3) is 0.333. The fourth-order valence-electron chi connectivity index (χ4n) is 1.73. The van der Waals surface area contributed by atoms with Crippen LogP contribution in [-0.2, 0) is 12.6 Å². The first kappa shape index (κ1) is 14.0. The zero-order chi connectivity index (χ0) is 14.0.